The molecule has 1 unspecified atom stereocenters. The number of phenols is 1. The first-order valence-corrected chi connectivity index (χ1v) is 13.0. The average molecular weight is 457 g/mol. The van der Waals surface area contributed by atoms with Crippen LogP contribution in [-0.2, 0) is 0 Å². The number of fused-ring (bicyclic) bond motifs is 5. The summed E-state index contributed by atoms with van der Waals surface area (Å²) in [6.45, 7) is 5.18. The van der Waals surface area contributed by atoms with Gasteiger partial charge in [0.05, 0.1) is 12.1 Å². The third-order valence-electron chi connectivity index (χ3n) is 10.8. The van der Waals surface area contributed by atoms with E-state index in [2.05, 4.69) is 18.8 Å². The summed E-state index contributed by atoms with van der Waals surface area (Å²) in [5.74, 6) is 2.98. The molecule has 4 fully saturated rings. The van der Waals surface area contributed by atoms with E-state index in [-0.39, 0.29) is 16.9 Å². The summed E-state index contributed by atoms with van der Waals surface area (Å²) < 4.78 is 0. The summed E-state index contributed by atoms with van der Waals surface area (Å²) in [5.41, 5.74) is 0.0164. The van der Waals surface area contributed by atoms with Crippen LogP contribution in [0.15, 0.2) is 23.2 Å². The first-order chi connectivity index (χ1) is 15.7. The van der Waals surface area contributed by atoms with Gasteiger partial charge in [-0.2, -0.15) is 5.23 Å². The Balaban J connectivity index is 1.34. The lowest BCUT2D eigenvalue weighted by atomic mass is 9.44. The number of aliphatic hydroxyl groups is 1. The van der Waals surface area contributed by atoms with Crippen molar-refractivity contribution in [3.63, 3.8) is 0 Å². The molecule has 0 aromatic heterocycles. The summed E-state index contributed by atoms with van der Waals surface area (Å²) in [6, 6.07) is 4.19. The van der Waals surface area contributed by atoms with Crippen molar-refractivity contribution in [2.24, 2.45) is 39.5 Å². The quantitative estimate of drug-likeness (QED) is 0.307. The standard InChI is InChI=1S/C27H40N2O4/c1-25-12-4-3-5-19(25)6-8-21-22(25)10-13-26(2)23(21)11-14-27(26,31)17-28-16-18-15-20(29(32)33)7-9-24(18)30/h7,9,15-16,19,21-23,29-32H,3-6,8,10-14,17H2,1-2H3/t19-,21-,22-,23+,25-,26+,27-/m0/s1. The van der Waals surface area contributed by atoms with Gasteiger partial charge in [0, 0.05) is 29.3 Å². The van der Waals surface area contributed by atoms with E-state index in [0.29, 0.717) is 23.4 Å². The van der Waals surface area contributed by atoms with Crippen LogP contribution in [0.2, 0.25) is 0 Å². The Bertz CT molecular complexity index is 919. The molecule has 0 bridgehead atoms. The van der Waals surface area contributed by atoms with Crippen molar-refractivity contribution in [2.45, 2.75) is 83.7 Å². The van der Waals surface area contributed by atoms with Crippen LogP contribution in [0, 0.1) is 39.7 Å². The van der Waals surface area contributed by atoms with E-state index in [0.717, 1.165) is 37.0 Å². The number of nitrogens with zero attached hydrogens (tertiary/aromatic N) is 1. The van der Waals surface area contributed by atoms with Gasteiger partial charge in [-0.25, -0.2) is 5.21 Å². The van der Waals surface area contributed by atoms with Gasteiger partial charge in [0.15, 0.2) is 5.69 Å². The Morgan fingerprint density at radius 3 is 2.64 bits per heavy atom. The summed E-state index contributed by atoms with van der Waals surface area (Å²) in [5, 5.41) is 41.4. The fraction of sp³-hybridized carbons (Fsp3) is 0.741. The van der Waals surface area contributed by atoms with Crippen LogP contribution in [0.1, 0.15) is 83.6 Å². The maximum atomic E-state index is 11.9. The second-order valence-corrected chi connectivity index (χ2v) is 12.0. The highest BCUT2D eigenvalue weighted by Gasteiger charge is 2.64. The van der Waals surface area contributed by atoms with Crippen LogP contribution in [0.3, 0.4) is 0 Å². The Morgan fingerprint density at radius 1 is 1.06 bits per heavy atom. The molecule has 4 N–H and O–H groups in total. The molecule has 0 amide bonds. The highest BCUT2D eigenvalue weighted by molar-refractivity contribution is 5.84. The molecule has 4 aliphatic rings. The van der Waals surface area contributed by atoms with Gasteiger partial charge >= 0.3 is 0 Å². The van der Waals surface area contributed by atoms with Gasteiger partial charge in [0.2, 0.25) is 0 Å². The van der Waals surface area contributed by atoms with Crippen LogP contribution in [0.25, 0.3) is 0 Å². The monoisotopic (exact) mass is 456 g/mol. The van der Waals surface area contributed by atoms with E-state index in [1.165, 1.54) is 69.4 Å². The molecule has 0 saturated heterocycles. The van der Waals surface area contributed by atoms with Gasteiger partial charge in [-0.1, -0.05) is 26.7 Å². The molecule has 0 radical (unpaired) electrons. The zero-order valence-electron chi connectivity index (χ0n) is 20.1. The van der Waals surface area contributed by atoms with Crippen LogP contribution in [-0.4, -0.2) is 33.8 Å². The van der Waals surface area contributed by atoms with Gasteiger partial charge in [-0.05, 0) is 86.5 Å². The number of rotatable bonds is 4. The smallest absolute Gasteiger partial charge is 0.164 e. The van der Waals surface area contributed by atoms with Gasteiger partial charge < -0.3 is 15.4 Å². The van der Waals surface area contributed by atoms with Crippen molar-refractivity contribution in [1.29, 1.82) is 0 Å². The second kappa shape index (κ2) is 8.33. The summed E-state index contributed by atoms with van der Waals surface area (Å²) in [6.07, 6.45) is 13.9. The molecule has 6 nitrogen and oxygen atoms in total. The van der Waals surface area contributed by atoms with Gasteiger partial charge in [-0.15, -0.1) is 0 Å². The highest BCUT2D eigenvalue weighted by atomic mass is 16.8. The van der Waals surface area contributed by atoms with Crippen LogP contribution >= 0.6 is 0 Å². The molecule has 33 heavy (non-hydrogen) atoms. The molecule has 4 saturated carbocycles. The zero-order chi connectivity index (χ0) is 23.4. The number of aliphatic imine (C=N–C) groups is 1. The Labute approximate surface area is 197 Å². The average Bonchev–Trinajstić information content (AvgIpc) is 3.05. The number of hydrogen-bond donors (Lipinski definition) is 4. The number of benzene rings is 1. The third-order valence-corrected chi connectivity index (χ3v) is 10.8. The molecule has 5 rings (SSSR count). The molecular formula is C27H40N2O4. The normalized spacial score (nSPS) is 43.7. The van der Waals surface area contributed by atoms with Crippen LogP contribution in [0.5, 0.6) is 5.75 Å². The minimum Gasteiger partial charge on any atom is -0.595 e. The SMILES string of the molecule is C[C@]12CCCC[C@H]1CC[C@@H]1[C@H]3CC[C@](O)(CN=Cc4cc([NH+]([O-])O)ccc4O)[C@]3(C)CC[C@@H]12. The number of quaternary nitrogens is 1. The molecular weight excluding hydrogens is 416 g/mol. The van der Waals surface area contributed by atoms with Crippen LogP contribution < -0.4 is 5.23 Å². The summed E-state index contributed by atoms with van der Waals surface area (Å²) >= 11 is 0. The lowest BCUT2D eigenvalue weighted by molar-refractivity contribution is -0.991. The fourth-order valence-electron chi connectivity index (χ4n) is 8.75. The van der Waals surface area contributed by atoms with Crippen molar-refractivity contribution < 1.29 is 20.6 Å². The summed E-state index contributed by atoms with van der Waals surface area (Å²) in [7, 11) is 0. The predicted molar refractivity (Wildman–Crippen MR) is 128 cm³/mol. The van der Waals surface area contributed by atoms with Gasteiger partial charge in [0.25, 0.3) is 0 Å². The molecule has 8 atom stereocenters. The lowest BCUT2D eigenvalue weighted by Gasteiger charge is -2.61. The maximum absolute atomic E-state index is 11.9. The van der Waals surface area contributed by atoms with Crippen molar-refractivity contribution >= 4 is 11.9 Å². The molecule has 0 heterocycles. The number of aromatic hydroxyl groups is 1. The molecule has 0 spiro atoms. The molecule has 0 aliphatic heterocycles. The van der Waals surface area contributed by atoms with E-state index >= 15 is 0 Å². The maximum Gasteiger partial charge on any atom is 0.164 e. The van der Waals surface area contributed by atoms with E-state index < -0.39 is 10.8 Å². The third kappa shape index (κ3) is 3.65. The van der Waals surface area contributed by atoms with E-state index in [1.54, 1.807) is 0 Å². The largest absolute Gasteiger partial charge is 0.595 e. The summed E-state index contributed by atoms with van der Waals surface area (Å²) in [4.78, 5) is 4.55. The molecule has 6 heteroatoms. The zero-order valence-corrected chi connectivity index (χ0v) is 20.1. The molecule has 1 aromatic carbocycles. The first-order valence-electron chi connectivity index (χ1n) is 13.0. The Kier molecular flexibility index (Phi) is 5.88. The molecule has 182 valence electrons. The molecule has 1 aromatic rings. The minimum absolute atomic E-state index is 0.00393. The van der Waals surface area contributed by atoms with Crippen molar-refractivity contribution in [1.82, 2.24) is 0 Å². The highest BCUT2D eigenvalue weighted by Crippen LogP contribution is 2.68. The predicted octanol–water partition coefficient (Wildman–Crippen LogP) is 4.38. The molecule has 4 aliphatic carbocycles. The first kappa shape index (κ1) is 23.3. The Hall–Kier alpha value is -1.47. The van der Waals surface area contributed by atoms with E-state index in [9.17, 15) is 20.6 Å². The van der Waals surface area contributed by atoms with Crippen molar-refractivity contribution in [2.75, 3.05) is 6.54 Å². The van der Waals surface area contributed by atoms with E-state index in [1.807, 2.05) is 0 Å². The Morgan fingerprint density at radius 2 is 1.85 bits per heavy atom. The van der Waals surface area contributed by atoms with Crippen LogP contribution in [0.4, 0.5) is 5.69 Å². The van der Waals surface area contributed by atoms with Crippen molar-refractivity contribution in [3.05, 3.63) is 29.0 Å². The minimum atomic E-state index is -1.03. The number of hydrogen-bond acceptors (Lipinski definition) is 5. The van der Waals surface area contributed by atoms with Gasteiger partial charge in [-0.3, -0.25) is 4.99 Å². The number of nitrogens with one attached hydrogen (secondary N) is 1. The number of phenolic OH excluding ortho intramolecular Hbond substituents is 1. The fourth-order valence-corrected chi connectivity index (χ4v) is 8.75. The lowest BCUT2D eigenvalue weighted by Crippen LogP contribution is -2.99. The van der Waals surface area contributed by atoms with E-state index in [4.69, 9.17) is 0 Å². The van der Waals surface area contributed by atoms with Crippen molar-refractivity contribution in [3.8, 4) is 5.75 Å². The van der Waals surface area contributed by atoms with Gasteiger partial charge in [0.1, 0.15) is 5.75 Å². The topological polar surface area (TPSA) is 101 Å². The second-order valence-electron chi connectivity index (χ2n) is 12.0.